The van der Waals surface area contributed by atoms with E-state index in [2.05, 4.69) is 19.4 Å². The molecule has 1 aromatic heterocycles. The summed E-state index contributed by atoms with van der Waals surface area (Å²) in [6, 6.07) is 10.1. The third kappa shape index (κ3) is 3.47. The van der Waals surface area contributed by atoms with Gasteiger partial charge < -0.3 is 14.5 Å². The van der Waals surface area contributed by atoms with Crippen LogP contribution < -0.4 is 10.3 Å². The molecule has 0 saturated heterocycles. The fourth-order valence-electron chi connectivity index (χ4n) is 2.32. The standard InChI is InChI=1S/C17H12F2N2O4/c1-24-16(23)10-4-7-12-13(8-10)20-14(21-15(12)22)9-2-5-11(6-3-9)25-17(18)19/h2-8,17H,1H3,(H,20,21,22). The van der Waals surface area contributed by atoms with Crippen LogP contribution in [0.5, 0.6) is 5.75 Å². The van der Waals surface area contributed by atoms with Crippen LogP contribution in [0.1, 0.15) is 10.4 Å². The molecule has 0 unspecified atom stereocenters. The molecule has 1 N–H and O–H groups in total. The predicted molar refractivity (Wildman–Crippen MR) is 85.8 cm³/mol. The number of fused-ring (bicyclic) bond motifs is 1. The molecule has 0 aliphatic carbocycles. The van der Waals surface area contributed by atoms with Crippen molar-refractivity contribution in [2.24, 2.45) is 0 Å². The highest BCUT2D eigenvalue weighted by molar-refractivity contribution is 5.94. The number of rotatable bonds is 4. The van der Waals surface area contributed by atoms with E-state index < -0.39 is 12.6 Å². The summed E-state index contributed by atoms with van der Waals surface area (Å²) < 4.78 is 33.3. The first-order chi connectivity index (χ1) is 12.0. The van der Waals surface area contributed by atoms with E-state index >= 15 is 0 Å². The molecule has 2 aromatic carbocycles. The Morgan fingerprint density at radius 1 is 1.16 bits per heavy atom. The van der Waals surface area contributed by atoms with E-state index in [0.717, 1.165) is 0 Å². The third-order valence-corrected chi connectivity index (χ3v) is 3.48. The van der Waals surface area contributed by atoms with E-state index in [1.54, 1.807) is 0 Å². The Labute approximate surface area is 140 Å². The summed E-state index contributed by atoms with van der Waals surface area (Å²) in [6.07, 6.45) is 0. The van der Waals surface area contributed by atoms with Gasteiger partial charge in [-0.1, -0.05) is 0 Å². The molecule has 0 spiro atoms. The number of nitrogens with one attached hydrogen (secondary N) is 1. The number of halogens is 2. The van der Waals surface area contributed by atoms with Crippen molar-refractivity contribution in [3.8, 4) is 17.1 Å². The number of aromatic amines is 1. The second-order valence-electron chi connectivity index (χ2n) is 5.04. The second-order valence-corrected chi connectivity index (χ2v) is 5.04. The van der Waals surface area contributed by atoms with Crippen LogP contribution in [-0.4, -0.2) is 29.7 Å². The number of benzene rings is 2. The predicted octanol–water partition coefficient (Wildman–Crippen LogP) is 2.98. The normalized spacial score (nSPS) is 10.9. The Kier molecular flexibility index (Phi) is 4.42. The monoisotopic (exact) mass is 346 g/mol. The molecule has 128 valence electrons. The second kappa shape index (κ2) is 6.68. The molecule has 0 saturated carbocycles. The Morgan fingerprint density at radius 3 is 2.52 bits per heavy atom. The number of esters is 1. The number of H-pyrrole nitrogens is 1. The summed E-state index contributed by atoms with van der Waals surface area (Å²) in [7, 11) is 1.26. The summed E-state index contributed by atoms with van der Waals surface area (Å²) >= 11 is 0. The maximum absolute atomic E-state index is 12.2. The molecule has 0 fully saturated rings. The van der Waals surface area contributed by atoms with Gasteiger partial charge >= 0.3 is 12.6 Å². The Bertz CT molecular complexity index is 984. The minimum Gasteiger partial charge on any atom is -0.465 e. The number of alkyl halides is 2. The molecule has 0 atom stereocenters. The van der Waals surface area contributed by atoms with Crippen molar-refractivity contribution >= 4 is 16.9 Å². The van der Waals surface area contributed by atoms with Gasteiger partial charge in [-0.15, -0.1) is 0 Å². The van der Waals surface area contributed by atoms with Gasteiger partial charge in [0, 0.05) is 5.56 Å². The van der Waals surface area contributed by atoms with Gasteiger partial charge in [-0.05, 0) is 42.5 Å². The summed E-state index contributed by atoms with van der Waals surface area (Å²) in [4.78, 5) is 30.8. The molecule has 3 aromatic rings. The highest BCUT2D eigenvalue weighted by Gasteiger charge is 2.11. The highest BCUT2D eigenvalue weighted by Crippen LogP contribution is 2.21. The Hall–Kier alpha value is -3.29. The smallest absolute Gasteiger partial charge is 0.387 e. The first-order valence-electron chi connectivity index (χ1n) is 7.15. The lowest BCUT2D eigenvalue weighted by atomic mass is 10.1. The van der Waals surface area contributed by atoms with Crippen LogP contribution in [0.25, 0.3) is 22.3 Å². The fourth-order valence-corrected chi connectivity index (χ4v) is 2.32. The van der Waals surface area contributed by atoms with Crippen molar-refractivity contribution in [2.45, 2.75) is 6.61 Å². The number of carbonyl (C=O) groups excluding carboxylic acids is 1. The van der Waals surface area contributed by atoms with Crippen molar-refractivity contribution in [2.75, 3.05) is 7.11 Å². The van der Waals surface area contributed by atoms with Gasteiger partial charge in [0.15, 0.2) is 0 Å². The van der Waals surface area contributed by atoms with Crippen molar-refractivity contribution in [1.29, 1.82) is 0 Å². The summed E-state index contributed by atoms with van der Waals surface area (Å²) in [5, 5.41) is 0.314. The van der Waals surface area contributed by atoms with Crippen molar-refractivity contribution in [3.63, 3.8) is 0 Å². The average molecular weight is 346 g/mol. The van der Waals surface area contributed by atoms with Crippen molar-refractivity contribution in [1.82, 2.24) is 9.97 Å². The molecule has 3 rings (SSSR count). The van der Waals surface area contributed by atoms with E-state index in [1.807, 2.05) is 0 Å². The average Bonchev–Trinajstić information content (AvgIpc) is 2.60. The molecule has 0 aliphatic heterocycles. The molecule has 0 amide bonds. The topological polar surface area (TPSA) is 81.3 Å². The lowest BCUT2D eigenvalue weighted by Gasteiger charge is -2.07. The minimum absolute atomic E-state index is 0.00476. The number of nitrogens with zero attached hydrogens (tertiary/aromatic N) is 1. The van der Waals surface area contributed by atoms with Crippen LogP contribution in [0, 0.1) is 0 Å². The Balaban J connectivity index is 2.04. The number of hydrogen-bond acceptors (Lipinski definition) is 5. The van der Waals surface area contributed by atoms with Crippen LogP contribution in [0.15, 0.2) is 47.3 Å². The molecule has 0 bridgehead atoms. The molecular weight excluding hydrogens is 334 g/mol. The number of aromatic nitrogens is 2. The van der Waals surface area contributed by atoms with Crippen LogP contribution in [0.2, 0.25) is 0 Å². The number of carbonyl (C=O) groups is 1. The van der Waals surface area contributed by atoms with E-state index in [0.29, 0.717) is 16.5 Å². The fraction of sp³-hybridized carbons (Fsp3) is 0.118. The van der Waals surface area contributed by atoms with E-state index in [-0.39, 0.29) is 22.7 Å². The zero-order valence-electron chi connectivity index (χ0n) is 13.0. The quantitative estimate of drug-likeness (QED) is 0.735. The van der Waals surface area contributed by atoms with Gasteiger partial charge in [-0.3, -0.25) is 4.79 Å². The van der Waals surface area contributed by atoms with Gasteiger partial charge in [0.2, 0.25) is 0 Å². The third-order valence-electron chi connectivity index (χ3n) is 3.48. The van der Waals surface area contributed by atoms with Crippen molar-refractivity contribution in [3.05, 3.63) is 58.4 Å². The van der Waals surface area contributed by atoms with Gasteiger partial charge in [0.25, 0.3) is 5.56 Å². The largest absolute Gasteiger partial charge is 0.465 e. The van der Waals surface area contributed by atoms with Crippen molar-refractivity contribution < 1.29 is 23.0 Å². The number of methoxy groups -OCH3 is 1. The first-order valence-corrected chi connectivity index (χ1v) is 7.15. The van der Waals surface area contributed by atoms with E-state index in [4.69, 9.17) is 0 Å². The van der Waals surface area contributed by atoms with Gasteiger partial charge in [0.05, 0.1) is 23.6 Å². The highest BCUT2D eigenvalue weighted by atomic mass is 19.3. The molecule has 1 heterocycles. The molecule has 0 aliphatic rings. The van der Waals surface area contributed by atoms with Gasteiger partial charge in [0.1, 0.15) is 11.6 Å². The van der Waals surface area contributed by atoms with E-state index in [9.17, 15) is 18.4 Å². The molecule has 8 heteroatoms. The number of ether oxygens (including phenoxy) is 2. The maximum Gasteiger partial charge on any atom is 0.387 e. The zero-order valence-corrected chi connectivity index (χ0v) is 13.0. The molecular formula is C17H12F2N2O4. The molecule has 25 heavy (non-hydrogen) atoms. The number of hydrogen-bond donors (Lipinski definition) is 1. The maximum atomic E-state index is 12.2. The minimum atomic E-state index is -2.92. The summed E-state index contributed by atoms with van der Waals surface area (Å²) in [6.45, 7) is -2.92. The molecule has 6 nitrogen and oxygen atoms in total. The van der Waals surface area contributed by atoms with Crippen LogP contribution in [0.3, 0.4) is 0 Å². The van der Waals surface area contributed by atoms with Crippen LogP contribution >= 0.6 is 0 Å². The lowest BCUT2D eigenvalue weighted by molar-refractivity contribution is -0.0498. The first kappa shape index (κ1) is 16.6. The van der Waals surface area contributed by atoms with Gasteiger partial charge in [-0.25, -0.2) is 9.78 Å². The summed E-state index contributed by atoms with van der Waals surface area (Å²) in [5.74, 6) is -0.308. The lowest BCUT2D eigenvalue weighted by Crippen LogP contribution is -2.11. The zero-order chi connectivity index (χ0) is 18.0. The van der Waals surface area contributed by atoms with Crippen LogP contribution in [-0.2, 0) is 4.74 Å². The van der Waals surface area contributed by atoms with Gasteiger partial charge in [-0.2, -0.15) is 8.78 Å². The Morgan fingerprint density at radius 2 is 1.88 bits per heavy atom. The van der Waals surface area contributed by atoms with Crippen LogP contribution in [0.4, 0.5) is 8.78 Å². The summed E-state index contributed by atoms with van der Waals surface area (Å²) in [5.41, 5.74) is 0.697. The van der Waals surface area contributed by atoms with E-state index in [1.165, 1.54) is 49.6 Å². The SMILES string of the molecule is COC(=O)c1ccc2c(=O)[nH]c(-c3ccc(OC(F)F)cc3)nc2c1. The molecule has 0 radical (unpaired) electrons.